The molecular formula is C22H17N7. The molecule has 0 bridgehead atoms. The Bertz CT molecular complexity index is 1360. The maximum Gasteiger partial charge on any atom is 0.182 e. The fourth-order valence-electron chi connectivity index (χ4n) is 3.44. The lowest BCUT2D eigenvalue weighted by Crippen LogP contribution is -2.15. The van der Waals surface area contributed by atoms with Crippen LogP contribution in [0.15, 0.2) is 61.2 Å². The lowest BCUT2D eigenvalue weighted by molar-refractivity contribution is 0.849. The number of fused-ring (bicyclic) bond motifs is 2. The van der Waals surface area contributed by atoms with Gasteiger partial charge >= 0.3 is 0 Å². The van der Waals surface area contributed by atoms with E-state index in [0.717, 1.165) is 22.3 Å². The molecule has 0 spiro atoms. The van der Waals surface area contributed by atoms with Crippen molar-refractivity contribution >= 4 is 28.0 Å². The van der Waals surface area contributed by atoms with Gasteiger partial charge in [-0.15, -0.1) is 6.42 Å². The molecule has 5 aromatic rings. The molecule has 0 amide bonds. The second kappa shape index (κ2) is 6.77. The zero-order chi connectivity index (χ0) is 19.8. The molecule has 0 aliphatic rings. The average Bonchev–Trinajstić information content (AvgIpc) is 3.37. The largest absolute Gasteiger partial charge is 0.348 e. The van der Waals surface area contributed by atoms with Gasteiger partial charge < -0.3 is 10.3 Å². The van der Waals surface area contributed by atoms with E-state index in [1.807, 2.05) is 37.3 Å². The number of aromatic amines is 1. The minimum absolute atomic E-state index is 0.510. The number of nitrogens with one attached hydrogen (secondary N) is 2. The van der Waals surface area contributed by atoms with Crippen LogP contribution in [0.4, 0.5) is 5.82 Å². The monoisotopic (exact) mass is 379 g/mol. The smallest absolute Gasteiger partial charge is 0.182 e. The molecular weight excluding hydrogens is 362 g/mol. The Kier molecular flexibility index (Phi) is 3.96. The molecule has 3 aromatic heterocycles. The molecule has 0 unspecified atom stereocenters. The molecule has 7 heteroatoms. The summed E-state index contributed by atoms with van der Waals surface area (Å²) in [6.45, 7) is 2.05. The van der Waals surface area contributed by atoms with E-state index in [4.69, 9.17) is 11.4 Å². The third-order valence-electron chi connectivity index (χ3n) is 4.78. The Hall–Kier alpha value is -4.18. The molecule has 5 rings (SSSR count). The van der Waals surface area contributed by atoms with Crippen molar-refractivity contribution in [3.63, 3.8) is 0 Å². The number of aryl methyl sites for hydroxylation is 1. The first-order valence-electron chi connectivity index (χ1n) is 9.16. The van der Waals surface area contributed by atoms with E-state index in [0.29, 0.717) is 22.8 Å². The Balaban J connectivity index is 1.68. The van der Waals surface area contributed by atoms with Crippen LogP contribution < -0.4 is 5.32 Å². The highest BCUT2D eigenvalue weighted by molar-refractivity contribution is 5.83. The number of hydrogen-bond acceptors (Lipinski definition) is 5. The van der Waals surface area contributed by atoms with Crippen LogP contribution in [-0.4, -0.2) is 29.5 Å². The predicted molar refractivity (Wildman–Crippen MR) is 113 cm³/mol. The minimum Gasteiger partial charge on any atom is -0.348 e. The number of imidazole rings is 2. The number of benzene rings is 2. The van der Waals surface area contributed by atoms with Crippen molar-refractivity contribution in [2.45, 2.75) is 13.0 Å². The number of H-pyrrole nitrogens is 1. The second-order valence-electron chi connectivity index (χ2n) is 6.70. The summed E-state index contributed by atoms with van der Waals surface area (Å²) in [5, 5.41) is 3.32. The van der Waals surface area contributed by atoms with Crippen molar-refractivity contribution in [3.8, 4) is 18.0 Å². The van der Waals surface area contributed by atoms with Crippen LogP contribution in [0.2, 0.25) is 0 Å². The van der Waals surface area contributed by atoms with Gasteiger partial charge in [-0.2, -0.15) is 0 Å². The van der Waals surface area contributed by atoms with Gasteiger partial charge in [0.2, 0.25) is 0 Å². The summed E-state index contributed by atoms with van der Waals surface area (Å²) in [5.41, 5.74) is 5.29. The molecule has 1 atom stereocenters. The molecule has 140 valence electrons. The maximum atomic E-state index is 5.94. The summed E-state index contributed by atoms with van der Waals surface area (Å²) in [5.74, 6) is 4.12. The summed E-state index contributed by atoms with van der Waals surface area (Å²) < 4.78 is 2.08. The Labute approximate surface area is 166 Å². The normalized spacial score (nSPS) is 12.1. The SMILES string of the molecule is C#C[C@H](Nc1ncnc2nc[nH]c12)c1nc2cc(C)ccc2n1-c1ccccc1. The summed E-state index contributed by atoms with van der Waals surface area (Å²) in [6, 6.07) is 15.7. The Morgan fingerprint density at radius 2 is 1.97 bits per heavy atom. The van der Waals surface area contributed by atoms with E-state index in [1.54, 1.807) is 6.33 Å². The number of rotatable bonds is 4. The minimum atomic E-state index is -0.510. The van der Waals surface area contributed by atoms with Crippen molar-refractivity contribution < 1.29 is 0 Å². The van der Waals surface area contributed by atoms with Crippen LogP contribution >= 0.6 is 0 Å². The topological polar surface area (TPSA) is 84.3 Å². The van der Waals surface area contributed by atoms with Gasteiger partial charge in [0.15, 0.2) is 11.5 Å². The van der Waals surface area contributed by atoms with E-state index in [2.05, 4.69) is 53.9 Å². The van der Waals surface area contributed by atoms with Crippen LogP contribution in [0.25, 0.3) is 27.9 Å². The number of terminal acetylenes is 1. The van der Waals surface area contributed by atoms with Crippen LogP contribution in [0.1, 0.15) is 17.4 Å². The lowest BCUT2D eigenvalue weighted by Gasteiger charge is -2.16. The molecule has 29 heavy (non-hydrogen) atoms. The van der Waals surface area contributed by atoms with Gasteiger partial charge in [0.25, 0.3) is 0 Å². The van der Waals surface area contributed by atoms with Crippen LogP contribution in [0.5, 0.6) is 0 Å². The van der Waals surface area contributed by atoms with Gasteiger partial charge in [-0.05, 0) is 36.8 Å². The maximum absolute atomic E-state index is 5.94. The number of nitrogens with zero attached hydrogens (tertiary/aromatic N) is 5. The van der Waals surface area contributed by atoms with Crippen molar-refractivity contribution in [1.82, 2.24) is 29.5 Å². The number of hydrogen-bond donors (Lipinski definition) is 2. The van der Waals surface area contributed by atoms with E-state index in [-0.39, 0.29) is 0 Å². The van der Waals surface area contributed by atoms with Crippen molar-refractivity contribution in [1.29, 1.82) is 0 Å². The molecule has 0 saturated carbocycles. The molecule has 0 aliphatic heterocycles. The van der Waals surface area contributed by atoms with Gasteiger partial charge in [-0.25, -0.2) is 19.9 Å². The highest BCUT2D eigenvalue weighted by Gasteiger charge is 2.21. The van der Waals surface area contributed by atoms with Crippen LogP contribution in [0, 0.1) is 19.3 Å². The van der Waals surface area contributed by atoms with Crippen molar-refractivity contribution in [2.75, 3.05) is 5.32 Å². The standard InChI is InChI=1S/C22H17N7/c1-3-16(27-21-19-20(24-12-23-19)25-13-26-21)22-28-17-11-14(2)9-10-18(17)29(22)15-7-5-4-6-8-15/h1,4-13,16H,2H3,(H2,23,24,25,26,27)/t16-/m0/s1. The number of aromatic nitrogens is 6. The fraction of sp³-hybridized carbons (Fsp3) is 0.0909. The third-order valence-corrected chi connectivity index (χ3v) is 4.78. The number of para-hydroxylation sites is 1. The quantitative estimate of drug-likeness (QED) is 0.464. The first kappa shape index (κ1) is 17.0. The van der Waals surface area contributed by atoms with Gasteiger partial charge in [-0.3, -0.25) is 4.57 Å². The van der Waals surface area contributed by atoms with Gasteiger partial charge in [-0.1, -0.05) is 30.2 Å². The van der Waals surface area contributed by atoms with Crippen LogP contribution in [-0.2, 0) is 0 Å². The summed E-state index contributed by atoms with van der Waals surface area (Å²) >= 11 is 0. The second-order valence-corrected chi connectivity index (χ2v) is 6.70. The first-order chi connectivity index (χ1) is 14.2. The van der Waals surface area contributed by atoms with Crippen molar-refractivity contribution in [2.24, 2.45) is 0 Å². The Morgan fingerprint density at radius 3 is 2.79 bits per heavy atom. The van der Waals surface area contributed by atoms with Gasteiger partial charge in [0.05, 0.1) is 17.4 Å². The van der Waals surface area contributed by atoms with E-state index < -0.39 is 6.04 Å². The van der Waals surface area contributed by atoms with E-state index >= 15 is 0 Å². The molecule has 0 saturated heterocycles. The van der Waals surface area contributed by atoms with Gasteiger partial charge in [0, 0.05) is 5.69 Å². The fourth-order valence-corrected chi connectivity index (χ4v) is 3.44. The molecule has 0 fully saturated rings. The predicted octanol–water partition coefficient (Wildman–Crippen LogP) is 3.79. The lowest BCUT2D eigenvalue weighted by atomic mass is 10.2. The Morgan fingerprint density at radius 1 is 1.10 bits per heavy atom. The number of anilines is 1. The molecule has 0 radical (unpaired) electrons. The highest BCUT2D eigenvalue weighted by atomic mass is 15.2. The molecule has 3 heterocycles. The van der Waals surface area contributed by atoms with Crippen LogP contribution in [0.3, 0.4) is 0 Å². The zero-order valence-corrected chi connectivity index (χ0v) is 15.7. The van der Waals surface area contributed by atoms with E-state index in [9.17, 15) is 0 Å². The highest BCUT2D eigenvalue weighted by Crippen LogP contribution is 2.28. The molecule has 0 aliphatic carbocycles. The van der Waals surface area contributed by atoms with Crippen molar-refractivity contribution in [3.05, 3.63) is 72.6 Å². The summed E-state index contributed by atoms with van der Waals surface area (Å²) in [6.07, 6.45) is 8.98. The average molecular weight is 379 g/mol. The zero-order valence-electron chi connectivity index (χ0n) is 15.7. The third kappa shape index (κ3) is 2.87. The summed E-state index contributed by atoms with van der Waals surface area (Å²) in [7, 11) is 0. The molecule has 7 nitrogen and oxygen atoms in total. The molecule has 2 aromatic carbocycles. The van der Waals surface area contributed by atoms with E-state index in [1.165, 1.54) is 6.33 Å². The molecule has 2 N–H and O–H groups in total. The first-order valence-corrected chi connectivity index (χ1v) is 9.16. The van der Waals surface area contributed by atoms with Gasteiger partial charge in [0.1, 0.15) is 23.7 Å². The summed E-state index contributed by atoms with van der Waals surface area (Å²) in [4.78, 5) is 20.6.